The van der Waals surface area contributed by atoms with Gasteiger partial charge in [-0.25, -0.2) is 9.67 Å². The number of alkyl halides is 3. The van der Waals surface area contributed by atoms with Crippen LogP contribution in [0.5, 0.6) is 0 Å². The van der Waals surface area contributed by atoms with Gasteiger partial charge in [0.1, 0.15) is 5.39 Å². The van der Waals surface area contributed by atoms with E-state index in [1.807, 2.05) is 0 Å². The van der Waals surface area contributed by atoms with Crippen LogP contribution in [0.2, 0.25) is 0 Å². The zero-order valence-corrected chi connectivity index (χ0v) is 18.2. The Morgan fingerprint density at radius 3 is 2.23 bits per heavy atom. The van der Waals surface area contributed by atoms with Crippen LogP contribution in [0.3, 0.4) is 0 Å². The predicted molar refractivity (Wildman–Crippen MR) is 119 cm³/mol. The van der Waals surface area contributed by atoms with Crippen molar-refractivity contribution in [1.29, 1.82) is 0 Å². The minimum Gasteiger partial charge on any atom is -0.299 e. The highest BCUT2D eigenvalue weighted by Gasteiger charge is 2.34. The van der Waals surface area contributed by atoms with Gasteiger partial charge in [-0.3, -0.25) is 23.9 Å². The highest BCUT2D eigenvalue weighted by molar-refractivity contribution is 6.21. The van der Waals surface area contributed by atoms with E-state index >= 15 is 0 Å². The molecule has 2 aromatic heterocycles. The zero-order chi connectivity index (χ0) is 24.7. The average Bonchev–Trinajstić information content (AvgIpc) is 3.38. The van der Waals surface area contributed by atoms with Crippen LogP contribution in [0, 0.1) is 0 Å². The fraction of sp³-hybridized carbons (Fsp3) is 0.208. The van der Waals surface area contributed by atoms with Crippen molar-refractivity contribution >= 4 is 22.8 Å². The Balaban J connectivity index is 1.28. The molecule has 0 saturated heterocycles. The quantitative estimate of drug-likeness (QED) is 0.310. The first kappa shape index (κ1) is 22.5. The third-order valence-corrected chi connectivity index (χ3v) is 5.88. The molecule has 5 rings (SSSR count). The van der Waals surface area contributed by atoms with Crippen LogP contribution in [0.25, 0.3) is 16.7 Å². The van der Waals surface area contributed by atoms with Crippen molar-refractivity contribution in [2.75, 3.05) is 6.54 Å². The highest BCUT2D eigenvalue weighted by Crippen LogP contribution is 2.30. The zero-order valence-electron chi connectivity index (χ0n) is 18.2. The van der Waals surface area contributed by atoms with Crippen LogP contribution in [0.1, 0.15) is 39.1 Å². The summed E-state index contributed by atoms with van der Waals surface area (Å²) < 4.78 is 41.8. The summed E-state index contributed by atoms with van der Waals surface area (Å²) in [5.74, 6) is -0.652. The molecule has 2 amide bonds. The Morgan fingerprint density at radius 1 is 0.857 bits per heavy atom. The summed E-state index contributed by atoms with van der Waals surface area (Å²) in [6.07, 6.45) is -0.924. The summed E-state index contributed by atoms with van der Waals surface area (Å²) in [5, 5.41) is 4.24. The van der Waals surface area contributed by atoms with Crippen molar-refractivity contribution in [1.82, 2.24) is 24.2 Å². The number of rotatable bonds is 6. The molecule has 8 nitrogen and oxygen atoms in total. The normalized spacial score (nSPS) is 13.6. The number of imide groups is 1. The maximum atomic E-state index is 13.1. The number of unbranched alkanes of at least 4 members (excludes halogenated alkanes) is 1. The molecular formula is C24H18F3N5O3. The van der Waals surface area contributed by atoms with Crippen LogP contribution in [-0.4, -0.2) is 42.6 Å². The lowest BCUT2D eigenvalue weighted by Crippen LogP contribution is -2.31. The minimum atomic E-state index is -4.51. The minimum absolute atomic E-state index is 0.139. The summed E-state index contributed by atoms with van der Waals surface area (Å²) in [6, 6.07) is 11.3. The van der Waals surface area contributed by atoms with Gasteiger partial charge in [0.2, 0.25) is 0 Å². The number of fused-ring (bicyclic) bond motifs is 2. The number of benzene rings is 2. The van der Waals surface area contributed by atoms with Crippen molar-refractivity contribution in [3.63, 3.8) is 0 Å². The van der Waals surface area contributed by atoms with Crippen molar-refractivity contribution < 1.29 is 22.8 Å². The van der Waals surface area contributed by atoms with E-state index in [0.29, 0.717) is 30.5 Å². The lowest BCUT2D eigenvalue weighted by molar-refractivity contribution is -0.137. The van der Waals surface area contributed by atoms with Gasteiger partial charge >= 0.3 is 6.18 Å². The van der Waals surface area contributed by atoms with Crippen molar-refractivity contribution in [2.24, 2.45) is 0 Å². The molecule has 3 heterocycles. The summed E-state index contributed by atoms with van der Waals surface area (Å²) in [4.78, 5) is 43.2. The van der Waals surface area contributed by atoms with E-state index < -0.39 is 11.7 Å². The molecule has 0 aliphatic carbocycles. The van der Waals surface area contributed by atoms with Crippen LogP contribution in [0.4, 0.5) is 13.2 Å². The maximum absolute atomic E-state index is 13.1. The van der Waals surface area contributed by atoms with Gasteiger partial charge in [0.25, 0.3) is 17.4 Å². The number of carbonyl (C=O) groups excluding carboxylic acids is 2. The number of aryl methyl sites for hydroxylation is 1. The molecule has 0 unspecified atom stereocenters. The van der Waals surface area contributed by atoms with E-state index in [-0.39, 0.29) is 40.6 Å². The number of aromatic nitrogens is 4. The van der Waals surface area contributed by atoms with Crippen molar-refractivity contribution in [3.8, 4) is 5.69 Å². The van der Waals surface area contributed by atoms with E-state index in [1.165, 1.54) is 38.8 Å². The average molecular weight is 481 g/mol. The molecule has 1 aliphatic heterocycles. The van der Waals surface area contributed by atoms with Gasteiger partial charge in [-0.05, 0) is 43.2 Å². The summed E-state index contributed by atoms with van der Waals surface area (Å²) in [7, 11) is 0. The Labute approximate surface area is 196 Å². The molecule has 178 valence electrons. The standard InChI is InChI=1S/C24H18F3N5O3/c25-24(26,27)15-6-5-7-16(12-15)32-20-19(13-29-32)21(33)30(14-28-20)10-3-4-11-31-22(34)17-8-1-2-9-18(17)23(31)35/h1-2,5-9,12-14H,3-4,10-11H2. The molecule has 1 aliphatic rings. The third-order valence-electron chi connectivity index (χ3n) is 5.88. The summed E-state index contributed by atoms with van der Waals surface area (Å²) in [5.41, 5.74) is -0.140. The van der Waals surface area contributed by atoms with Gasteiger partial charge in [0, 0.05) is 13.1 Å². The molecule has 0 spiro atoms. The molecular weight excluding hydrogens is 463 g/mol. The Bertz CT molecular complexity index is 1490. The van der Waals surface area contributed by atoms with Crippen LogP contribution in [0.15, 0.2) is 65.8 Å². The Kier molecular flexibility index (Phi) is 5.46. The van der Waals surface area contributed by atoms with Gasteiger partial charge in [-0.15, -0.1) is 0 Å². The number of hydrogen-bond donors (Lipinski definition) is 0. The lowest BCUT2D eigenvalue weighted by Gasteiger charge is -2.13. The largest absolute Gasteiger partial charge is 0.416 e. The molecule has 0 bridgehead atoms. The van der Waals surface area contributed by atoms with Gasteiger partial charge in [0.15, 0.2) is 5.65 Å². The van der Waals surface area contributed by atoms with Gasteiger partial charge in [0.05, 0.1) is 34.9 Å². The highest BCUT2D eigenvalue weighted by atomic mass is 19.4. The monoisotopic (exact) mass is 481 g/mol. The number of carbonyl (C=O) groups is 2. The Hall–Kier alpha value is -4.28. The SMILES string of the molecule is O=C1c2ccccc2C(=O)N1CCCCn1cnc2c(cnn2-c2cccc(C(F)(F)F)c2)c1=O. The molecule has 2 aromatic carbocycles. The molecule has 0 fully saturated rings. The van der Waals surface area contributed by atoms with Crippen molar-refractivity contribution in [2.45, 2.75) is 25.6 Å². The van der Waals surface area contributed by atoms with Crippen LogP contribution >= 0.6 is 0 Å². The van der Waals surface area contributed by atoms with E-state index in [2.05, 4.69) is 10.1 Å². The number of halogens is 3. The van der Waals surface area contributed by atoms with Gasteiger partial charge in [-0.2, -0.15) is 18.3 Å². The number of nitrogens with zero attached hydrogens (tertiary/aromatic N) is 5. The lowest BCUT2D eigenvalue weighted by atomic mass is 10.1. The molecule has 0 atom stereocenters. The first-order chi connectivity index (χ1) is 16.8. The van der Waals surface area contributed by atoms with Crippen LogP contribution < -0.4 is 5.56 Å². The van der Waals surface area contributed by atoms with E-state index in [0.717, 1.165) is 12.1 Å². The van der Waals surface area contributed by atoms with E-state index in [9.17, 15) is 27.6 Å². The molecule has 0 radical (unpaired) electrons. The van der Waals surface area contributed by atoms with E-state index in [4.69, 9.17) is 0 Å². The molecule has 0 N–H and O–H groups in total. The second kappa shape index (κ2) is 8.49. The first-order valence-electron chi connectivity index (χ1n) is 10.8. The second-order valence-corrected chi connectivity index (χ2v) is 8.10. The van der Waals surface area contributed by atoms with Crippen LogP contribution in [-0.2, 0) is 12.7 Å². The molecule has 4 aromatic rings. The molecule has 0 saturated carbocycles. The molecule has 11 heteroatoms. The maximum Gasteiger partial charge on any atom is 0.416 e. The fourth-order valence-electron chi connectivity index (χ4n) is 4.11. The fourth-order valence-corrected chi connectivity index (χ4v) is 4.11. The van der Waals surface area contributed by atoms with Gasteiger partial charge < -0.3 is 0 Å². The number of amides is 2. The smallest absolute Gasteiger partial charge is 0.299 e. The second-order valence-electron chi connectivity index (χ2n) is 8.10. The predicted octanol–water partition coefficient (Wildman–Crippen LogP) is 3.68. The number of hydrogen-bond acceptors (Lipinski definition) is 5. The molecule has 35 heavy (non-hydrogen) atoms. The summed E-state index contributed by atoms with van der Waals surface area (Å²) in [6.45, 7) is 0.518. The van der Waals surface area contributed by atoms with Gasteiger partial charge in [-0.1, -0.05) is 18.2 Å². The first-order valence-corrected chi connectivity index (χ1v) is 10.8. The topological polar surface area (TPSA) is 90.1 Å². The summed E-state index contributed by atoms with van der Waals surface area (Å²) >= 11 is 0. The van der Waals surface area contributed by atoms with Crippen molar-refractivity contribution in [3.05, 3.63) is 88.1 Å². The Morgan fingerprint density at radius 2 is 1.54 bits per heavy atom. The third kappa shape index (κ3) is 3.98. The van der Waals surface area contributed by atoms with E-state index in [1.54, 1.807) is 24.3 Å².